The van der Waals surface area contributed by atoms with Crippen LogP contribution in [0, 0.1) is 0 Å². The first-order valence-electron chi connectivity index (χ1n) is 5.74. The van der Waals surface area contributed by atoms with Crippen LogP contribution in [0.2, 0.25) is 5.02 Å². The molecule has 1 N–H and O–H groups in total. The molecule has 0 bridgehead atoms. The molecule has 1 aromatic heterocycles. The standard InChI is InChI=1S/C14H14BrClN2/c1-10(11-4-6-17-7-5-11)18-9-12-8-13(15)2-3-14(12)16/h2-8,10,18H,9H2,1H3. The molecule has 1 atom stereocenters. The Morgan fingerprint density at radius 3 is 2.72 bits per heavy atom. The summed E-state index contributed by atoms with van der Waals surface area (Å²) in [6.07, 6.45) is 3.61. The Hall–Kier alpha value is -0.900. The molecule has 1 aromatic carbocycles. The van der Waals surface area contributed by atoms with E-state index in [0.29, 0.717) is 0 Å². The predicted octanol–water partition coefficient (Wildman–Crippen LogP) is 4.35. The minimum atomic E-state index is 0.267. The van der Waals surface area contributed by atoms with Crippen molar-refractivity contribution in [3.05, 3.63) is 63.3 Å². The first-order chi connectivity index (χ1) is 8.66. The molecule has 1 heterocycles. The first-order valence-corrected chi connectivity index (χ1v) is 6.91. The van der Waals surface area contributed by atoms with Gasteiger partial charge in [0.2, 0.25) is 0 Å². The second kappa shape index (κ2) is 6.32. The number of benzene rings is 1. The van der Waals surface area contributed by atoms with Crippen LogP contribution in [-0.4, -0.2) is 4.98 Å². The van der Waals surface area contributed by atoms with E-state index in [-0.39, 0.29) is 6.04 Å². The molecule has 0 amide bonds. The van der Waals surface area contributed by atoms with E-state index >= 15 is 0 Å². The van der Waals surface area contributed by atoms with E-state index in [1.165, 1.54) is 5.56 Å². The largest absolute Gasteiger partial charge is 0.306 e. The summed E-state index contributed by atoms with van der Waals surface area (Å²) in [5.41, 5.74) is 2.31. The van der Waals surface area contributed by atoms with E-state index in [2.05, 4.69) is 33.2 Å². The summed E-state index contributed by atoms with van der Waals surface area (Å²) in [6, 6.07) is 10.2. The number of rotatable bonds is 4. The van der Waals surface area contributed by atoms with Crippen molar-refractivity contribution < 1.29 is 0 Å². The number of pyridine rings is 1. The molecule has 2 aromatic rings. The van der Waals surface area contributed by atoms with E-state index in [9.17, 15) is 0 Å². The van der Waals surface area contributed by atoms with E-state index in [1.807, 2.05) is 30.3 Å². The summed E-state index contributed by atoms with van der Waals surface area (Å²) in [5, 5.41) is 4.24. The van der Waals surface area contributed by atoms with Crippen LogP contribution in [-0.2, 0) is 6.54 Å². The van der Waals surface area contributed by atoms with Crippen molar-refractivity contribution >= 4 is 27.5 Å². The number of hydrogen-bond acceptors (Lipinski definition) is 2. The normalized spacial score (nSPS) is 12.4. The molecule has 0 saturated heterocycles. The van der Waals surface area contributed by atoms with Crippen molar-refractivity contribution in [2.75, 3.05) is 0 Å². The number of nitrogens with zero attached hydrogens (tertiary/aromatic N) is 1. The molecule has 1 unspecified atom stereocenters. The fourth-order valence-corrected chi connectivity index (χ4v) is 2.30. The molecule has 0 fully saturated rings. The predicted molar refractivity (Wildman–Crippen MR) is 78.6 cm³/mol. The van der Waals surface area contributed by atoms with E-state index in [0.717, 1.165) is 21.6 Å². The molecule has 2 nitrogen and oxygen atoms in total. The van der Waals surface area contributed by atoms with Gasteiger partial charge in [-0.3, -0.25) is 4.98 Å². The lowest BCUT2D eigenvalue weighted by molar-refractivity contribution is 0.574. The SMILES string of the molecule is CC(NCc1cc(Br)ccc1Cl)c1ccncc1. The van der Waals surface area contributed by atoms with Gasteiger partial charge >= 0.3 is 0 Å². The van der Waals surface area contributed by atoms with Gasteiger partial charge < -0.3 is 5.32 Å². The highest BCUT2D eigenvalue weighted by atomic mass is 79.9. The average molecular weight is 326 g/mol. The maximum Gasteiger partial charge on any atom is 0.0451 e. The van der Waals surface area contributed by atoms with Crippen LogP contribution in [0.4, 0.5) is 0 Å². The highest BCUT2D eigenvalue weighted by molar-refractivity contribution is 9.10. The number of halogens is 2. The second-order valence-corrected chi connectivity index (χ2v) is 5.44. The number of hydrogen-bond donors (Lipinski definition) is 1. The quantitative estimate of drug-likeness (QED) is 0.904. The molecular weight excluding hydrogens is 312 g/mol. The zero-order chi connectivity index (χ0) is 13.0. The zero-order valence-electron chi connectivity index (χ0n) is 10.0. The third-order valence-corrected chi connectivity index (χ3v) is 3.67. The van der Waals surface area contributed by atoms with E-state index < -0.39 is 0 Å². The lowest BCUT2D eigenvalue weighted by atomic mass is 10.1. The third-order valence-electron chi connectivity index (χ3n) is 2.81. The fraction of sp³-hybridized carbons (Fsp3) is 0.214. The maximum atomic E-state index is 6.15. The Bertz CT molecular complexity index is 516. The minimum Gasteiger partial charge on any atom is -0.306 e. The van der Waals surface area contributed by atoms with Crippen molar-refractivity contribution in [1.29, 1.82) is 0 Å². The second-order valence-electron chi connectivity index (χ2n) is 4.12. The van der Waals surface area contributed by atoms with Gasteiger partial charge in [-0.1, -0.05) is 27.5 Å². The monoisotopic (exact) mass is 324 g/mol. The van der Waals surface area contributed by atoms with Crippen LogP contribution in [0.15, 0.2) is 47.2 Å². The highest BCUT2D eigenvalue weighted by Crippen LogP contribution is 2.21. The molecular formula is C14H14BrClN2. The Balaban J connectivity index is 2.01. The average Bonchev–Trinajstić information content (AvgIpc) is 2.40. The van der Waals surface area contributed by atoms with Crippen molar-refractivity contribution in [3.63, 3.8) is 0 Å². The maximum absolute atomic E-state index is 6.15. The van der Waals surface area contributed by atoms with Gasteiger partial charge in [-0.25, -0.2) is 0 Å². The van der Waals surface area contributed by atoms with Crippen LogP contribution in [0.3, 0.4) is 0 Å². The Labute approximate surface area is 121 Å². The van der Waals surface area contributed by atoms with Gasteiger partial charge in [-0.15, -0.1) is 0 Å². The van der Waals surface area contributed by atoms with Gasteiger partial charge in [0.05, 0.1) is 0 Å². The topological polar surface area (TPSA) is 24.9 Å². The van der Waals surface area contributed by atoms with Crippen LogP contribution < -0.4 is 5.32 Å². The molecule has 18 heavy (non-hydrogen) atoms. The van der Waals surface area contributed by atoms with Crippen molar-refractivity contribution in [1.82, 2.24) is 10.3 Å². The van der Waals surface area contributed by atoms with Crippen LogP contribution in [0.5, 0.6) is 0 Å². The molecule has 0 spiro atoms. The fourth-order valence-electron chi connectivity index (χ4n) is 1.71. The van der Waals surface area contributed by atoms with Gasteiger partial charge in [0, 0.05) is 34.5 Å². The van der Waals surface area contributed by atoms with Gasteiger partial charge in [0.15, 0.2) is 0 Å². The van der Waals surface area contributed by atoms with Crippen LogP contribution >= 0.6 is 27.5 Å². The van der Waals surface area contributed by atoms with E-state index in [4.69, 9.17) is 11.6 Å². The van der Waals surface area contributed by atoms with Gasteiger partial charge in [-0.2, -0.15) is 0 Å². The lowest BCUT2D eigenvalue weighted by Crippen LogP contribution is -2.18. The molecule has 0 radical (unpaired) electrons. The van der Waals surface area contributed by atoms with Gasteiger partial charge in [0.25, 0.3) is 0 Å². The van der Waals surface area contributed by atoms with Crippen LogP contribution in [0.1, 0.15) is 24.1 Å². The molecule has 0 aliphatic heterocycles. The molecule has 0 saturated carbocycles. The third kappa shape index (κ3) is 3.55. The molecule has 2 rings (SSSR count). The summed E-state index contributed by atoms with van der Waals surface area (Å²) in [5.74, 6) is 0. The van der Waals surface area contributed by atoms with Crippen molar-refractivity contribution in [2.24, 2.45) is 0 Å². The Morgan fingerprint density at radius 1 is 1.28 bits per heavy atom. The Morgan fingerprint density at radius 2 is 2.00 bits per heavy atom. The Kier molecular flexibility index (Phi) is 4.75. The van der Waals surface area contributed by atoms with Crippen molar-refractivity contribution in [2.45, 2.75) is 19.5 Å². The summed E-state index contributed by atoms with van der Waals surface area (Å²) in [6.45, 7) is 2.86. The van der Waals surface area contributed by atoms with Gasteiger partial charge in [-0.05, 0) is 48.4 Å². The van der Waals surface area contributed by atoms with Gasteiger partial charge in [0.1, 0.15) is 0 Å². The molecule has 4 heteroatoms. The summed E-state index contributed by atoms with van der Waals surface area (Å²) in [7, 11) is 0. The molecule has 0 aliphatic rings. The van der Waals surface area contributed by atoms with E-state index in [1.54, 1.807) is 12.4 Å². The molecule has 0 aliphatic carbocycles. The molecule has 94 valence electrons. The first kappa shape index (κ1) is 13.5. The zero-order valence-corrected chi connectivity index (χ0v) is 12.4. The minimum absolute atomic E-state index is 0.267. The summed E-state index contributed by atoms with van der Waals surface area (Å²) in [4.78, 5) is 4.02. The van der Waals surface area contributed by atoms with Crippen molar-refractivity contribution in [3.8, 4) is 0 Å². The lowest BCUT2D eigenvalue weighted by Gasteiger charge is -2.14. The summed E-state index contributed by atoms with van der Waals surface area (Å²) >= 11 is 9.61. The summed E-state index contributed by atoms with van der Waals surface area (Å²) < 4.78 is 1.04. The highest BCUT2D eigenvalue weighted by Gasteiger charge is 2.06. The number of aromatic nitrogens is 1. The number of nitrogens with one attached hydrogen (secondary N) is 1. The smallest absolute Gasteiger partial charge is 0.0451 e. The van der Waals surface area contributed by atoms with Crippen LogP contribution in [0.25, 0.3) is 0 Å².